The van der Waals surface area contributed by atoms with Gasteiger partial charge in [-0.05, 0) is 18.2 Å². The summed E-state index contributed by atoms with van der Waals surface area (Å²) >= 11 is 0. The smallest absolute Gasteiger partial charge is 0.329 e. The highest BCUT2D eigenvalue weighted by Crippen LogP contribution is 2.41. The van der Waals surface area contributed by atoms with Gasteiger partial charge < -0.3 is 20.6 Å². The normalized spacial score (nSPS) is 21.0. The number of nitrogens with zero attached hydrogens (tertiary/aromatic N) is 1. The number of quaternary nitrogens is 1. The van der Waals surface area contributed by atoms with E-state index in [0.29, 0.717) is 11.3 Å². The number of likely N-dealkylation sites (tertiary alicyclic amines) is 1. The Morgan fingerprint density at radius 2 is 1.81 bits per heavy atom. The number of rotatable bonds is 6. The molecule has 0 aromatic heterocycles. The SMILES string of the molecule is O=C1Nc2ccccc2C(O)(C(=O)NCCC[NH+]2CCCC2)N1c1c(F)cccc1F. The van der Waals surface area contributed by atoms with Crippen molar-refractivity contribution in [2.24, 2.45) is 0 Å². The minimum atomic E-state index is -2.62. The van der Waals surface area contributed by atoms with Gasteiger partial charge in [-0.2, -0.15) is 0 Å². The molecule has 0 spiro atoms. The highest BCUT2D eigenvalue weighted by atomic mass is 19.1. The van der Waals surface area contributed by atoms with Gasteiger partial charge in [-0.3, -0.25) is 4.79 Å². The lowest BCUT2D eigenvalue weighted by Gasteiger charge is -2.42. The number of anilines is 2. The number of hydrogen-bond acceptors (Lipinski definition) is 3. The first-order valence-corrected chi connectivity index (χ1v) is 10.4. The maximum atomic E-state index is 14.6. The van der Waals surface area contributed by atoms with Gasteiger partial charge in [0.2, 0.25) is 0 Å². The topological polar surface area (TPSA) is 86.1 Å². The molecule has 0 aliphatic carbocycles. The standard InChI is InChI=1S/C22H24F2N4O3/c23-16-8-5-9-17(24)19(16)28-21(30)26-18-10-2-1-7-15(18)22(28,31)20(29)25-11-6-14-27-12-3-4-13-27/h1-2,5,7-10,31H,3-4,6,11-14H2,(H,25,29)(H,26,30)/p+1. The fourth-order valence-corrected chi connectivity index (χ4v) is 4.31. The van der Waals surface area contributed by atoms with Gasteiger partial charge >= 0.3 is 6.03 Å². The minimum absolute atomic E-state index is 0.0277. The molecule has 2 aliphatic heterocycles. The maximum absolute atomic E-state index is 14.6. The first-order valence-electron chi connectivity index (χ1n) is 10.4. The van der Waals surface area contributed by atoms with E-state index in [9.17, 15) is 23.5 Å². The fraction of sp³-hybridized carbons (Fsp3) is 0.364. The summed E-state index contributed by atoms with van der Waals surface area (Å²) in [6.07, 6.45) is 3.06. The molecule has 9 heteroatoms. The predicted octanol–water partition coefficient (Wildman–Crippen LogP) is 1.35. The van der Waals surface area contributed by atoms with E-state index < -0.39 is 35.0 Å². The number of amides is 3. The molecule has 31 heavy (non-hydrogen) atoms. The molecule has 2 heterocycles. The van der Waals surface area contributed by atoms with Gasteiger partial charge in [0.1, 0.15) is 17.3 Å². The van der Waals surface area contributed by atoms with Gasteiger partial charge in [0.05, 0.1) is 25.3 Å². The van der Waals surface area contributed by atoms with Crippen LogP contribution in [0.2, 0.25) is 0 Å². The molecule has 164 valence electrons. The number of benzene rings is 2. The number of nitrogens with one attached hydrogen (secondary N) is 3. The lowest BCUT2D eigenvalue weighted by atomic mass is 9.94. The molecule has 3 amide bonds. The van der Waals surface area contributed by atoms with E-state index in [1.807, 2.05) is 0 Å². The predicted molar refractivity (Wildman–Crippen MR) is 111 cm³/mol. The highest BCUT2D eigenvalue weighted by Gasteiger charge is 2.53. The van der Waals surface area contributed by atoms with Gasteiger partial charge in [0.25, 0.3) is 11.6 Å². The molecule has 2 aromatic rings. The average molecular weight is 431 g/mol. The van der Waals surface area contributed by atoms with Crippen molar-refractivity contribution in [3.05, 3.63) is 59.7 Å². The van der Waals surface area contributed by atoms with Crippen molar-refractivity contribution in [1.29, 1.82) is 0 Å². The van der Waals surface area contributed by atoms with Crippen molar-refractivity contribution in [2.75, 3.05) is 36.4 Å². The van der Waals surface area contributed by atoms with Gasteiger partial charge in [-0.15, -0.1) is 0 Å². The molecule has 4 rings (SSSR count). The van der Waals surface area contributed by atoms with Crippen LogP contribution in [0, 0.1) is 11.6 Å². The van der Waals surface area contributed by atoms with Crippen LogP contribution in [-0.4, -0.2) is 43.2 Å². The molecule has 0 radical (unpaired) electrons. The lowest BCUT2D eigenvalue weighted by molar-refractivity contribution is -0.887. The third kappa shape index (κ3) is 3.86. The summed E-state index contributed by atoms with van der Waals surface area (Å²) in [7, 11) is 0. The fourth-order valence-electron chi connectivity index (χ4n) is 4.31. The molecular weight excluding hydrogens is 406 g/mol. The van der Waals surface area contributed by atoms with Crippen LogP contribution in [0.5, 0.6) is 0 Å². The molecule has 1 atom stereocenters. The van der Waals surface area contributed by atoms with Crippen molar-refractivity contribution < 1.29 is 28.4 Å². The van der Waals surface area contributed by atoms with Crippen LogP contribution in [0.3, 0.4) is 0 Å². The van der Waals surface area contributed by atoms with Gasteiger partial charge in [0, 0.05) is 31.4 Å². The van der Waals surface area contributed by atoms with Crippen molar-refractivity contribution in [3.8, 4) is 0 Å². The van der Waals surface area contributed by atoms with Crippen molar-refractivity contribution in [1.82, 2.24) is 5.32 Å². The number of fused-ring (bicyclic) bond motifs is 1. The van der Waals surface area contributed by atoms with E-state index in [2.05, 4.69) is 10.6 Å². The first kappa shape index (κ1) is 21.2. The average Bonchev–Trinajstić information content (AvgIpc) is 3.26. The molecule has 0 bridgehead atoms. The van der Waals surface area contributed by atoms with Crippen LogP contribution in [0.1, 0.15) is 24.8 Å². The first-order chi connectivity index (χ1) is 14.9. The molecule has 2 aromatic carbocycles. The summed E-state index contributed by atoms with van der Waals surface area (Å²) in [5, 5.41) is 16.7. The van der Waals surface area contributed by atoms with E-state index in [1.165, 1.54) is 29.9 Å². The van der Waals surface area contributed by atoms with Crippen molar-refractivity contribution >= 4 is 23.3 Å². The monoisotopic (exact) mass is 431 g/mol. The Hall–Kier alpha value is -3.04. The zero-order valence-corrected chi connectivity index (χ0v) is 17.0. The summed E-state index contributed by atoms with van der Waals surface area (Å²) in [4.78, 5) is 27.9. The van der Waals surface area contributed by atoms with Gasteiger partial charge in [-0.1, -0.05) is 24.3 Å². The number of hydrogen-bond donors (Lipinski definition) is 4. The molecule has 2 aliphatic rings. The summed E-state index contributed by atoms with van der Waals surface area (Å²) in [5.74, 6) is -3.06. The maximum Gasteiger partial charge on any atom is 0.329 e. The number of para-hydroxylation sites is 2. The largest absolute Gasteiger partial charge is 0.359 e. The highest BCUT2D eigenvalue weighted by molar-refractivity contribution is 6.11. The Labute approximate surface area is 178 Å². The number of carbonyl (C=O) groups excluding carboxylic acids is 2. The second-order valence-electron chi connectivity index (χ2n) is 7.87. The summed E-state index contributed by atoms with van der Waals surface area (Å²) < 4.78 is 29.1. The summed E-state index contributed by atoms with van der Waals surface area (Å²) in [5.41, 5.74) is -3.20. The van der Waals surface area contributed by atoms with Crippen LogP contribution in [0.25, 0.3) is 0 Å². The minimum Gasteiger partial charge on any atom is -0.359 e. The Morgan fingerprint density at radius 1 is 1.13 bits per heavy atom. The number of carbonyl (C=O) groups is 2. The van der Waals surface area contributed by atoms with Gasteiger partial charge in [-0.25, -0.2) is 18.5 Å². The Balaban J connectivity index is 1.65. The molecule has 1 unspecified atom stereocenters. The second-order valence-corrected chi connectivity index (χ2v) is 7.87. The van der Waals surface area contributed by atoms with E-state index in [4.69, 9.17) is 0 Å². The molecule has 4 N–H and O–H groups in total. The number of aliphatic hydroxyl groups is 1. The molecule has 1 fully saturated rings. The zero-order valence-electron chi connectivity index (χ0n) is 17.0. The van der Waals surface area contributed by atoms with Gasteiger partial charge in [0.15, 0.2) is 0 Å². The Morgan fingerprint density at radius 3 is 2.52 bits per heavy atom. The third-order valence-corrected chi connectivity index (χ3v) is 5.85. The van der Waals surface area contributed by atoms with E-state index in [0.717, 1.165) is 37.8 Å². The molecule has 0 saturated carbocycles. The summed E-state index contributed by atoms with van der Waals surface area (Å²) in [6, 6.07) is 8.20. The van der Waals surface area contributed by atoms with Crippen molar-refractivity contribution in [2.45, 2.75) is 25.0 Å². The molecule has 7 nitrogen and oxygen atoms in total. The Bertz CT molecular complexity index is 976. The number of halogens is 2. The third-order valence-electron chi connectivity index (χ3n) is 5.85. The molecular formula is C22H25F2N4O3+. The van der Waals surface area contributed by atoms with Crippen LogP contribution in [0.4, 0.5) is 25.0 Å². The van der Waals surface area contributed by atoms with E-state index in [-0.39, 0.29) is 17.8 Å². The number of urea groups is 1. The van der Waals surface area contributed by atoms with Crippen LogP contribution >= 0.6 is 0 Å². The molecule has 1 saturated heterocycles. The van der Waals surface area contributed by atoms with Crippen molar-refractivity contribution in [3.63, 3.8) is 0 Å². The summed E-state index contributed by atoms with van der Waals surface area (Å²) in [6.45, 7) is 3.35. The Kier molecular flexibility index (Phi) is 5.88. The quantitative estimate of drug-likeness (QED) is 0.521. The second kappa shape index (κ2) is 8.60. The van der Waals surface area contributed by atoms with E-state index in [1.54, 1.807) is 12.1 Å². The van der Waals surface area contributed by atoms with E-state index >= 15 is 0 Å². The van der Waals surface area contributed by atoms with Crippen LogP contribution in [0.15, 0.2) is 42.5 Å². The lowest BCUT2D eigenvalue weighted by Crippen LogP contribution is -3.10. The van der Waals surface area contributed by atoms with Crippen LogP contribution in [-0.2, 0) is 10.5 Å². The van der Waals surface area contributed by atoms with Crippen LogP contribution < -0.4 is 20.4 Å². The zero-order chi connectivity index (χ0) is 22.0.